The van der Waals surface area contributed by atoms with E-state index in [0.717, 1.165) is 37.8 Å². The van der Waals surface area contributed by atoms with Gasteiger partial charge in [-0.3, -0.25) is 0 Å². The highest BCUT2D eigenvalue weighted by Crippen LogP contribution is 2.35. The number of nitrogens with zero attached hydrogens (tertiary/aromatic N) is 1. The Labute approximate surface area is 121 Å². The molecule has 0 spiro atoms. The summed E-state index contributed by atoms with van der Waals surface area (Å²) in [5.41, 5.74) is -1.27. The van der Waals surface area contributed by atoms with Crippen molar-refractivity contribution in [3.63, 3.8) is 0 Å². The van der Waals surface area contributed by atoms with Crippen molar-refractivity contribution in [3.8, 4) is 0 Å². The third-order valence-corrected chi connectivity index (χ3v) is 4.07. The van der Waals surface area contributed by atoms with Crippen molar-refractivity contribution in [1.82, 2.24) is 0 Å². The molecule has 1 N–H and O–H groups in total. The molecule has 0 radical (unpaired) electrons. The average Bonchev–Trinajstić information content (AvgIpc) is 2.45. The summed E-state index contributed by atoms with van der Waals surface area (Å²) >= 11 is 0. The second kappa shape index (κ2) is 5.95. The van der Waals surface area contributed by atoms with Crippen LogP contribution in [0, 0.1) is 0 Å². The number of carboxylic acid groups (broad SMARTS) is 1. The summed E-state index contributed by atoms with van der Waals surface area (Å²) in [7, 11) is 1.81. The lowest BCUT2D eigenvalue weighted by molar-refractivity contribution is -0.138. The fourth-order valence-corrected chi connectivity index (χ4v) is 2.85. The molecule has 1 aliphatic carbocycles. The summed E-state index contributed by atoms with van der Waals surface area (Å²) in [4.78, 5) is 13.0. The summed E-state index contributed by atoms with van der Waals surface area (Å²) in [5, 5.41) is 9.03. The van der Waals surface area contributed by atoms with Gasteiger partial charge >= 0.3 is 12.1 Å². The maximum Gasteiger partial charge on any atom is 0.417 e. The Kier molecular flexibility index (Phi) is 4.44. The van der Waals surface area contributed by atoms with Gasteiger partial charge in [-0.25, -0.2) is 4.79 Å². The first kappa shape index (κ1) is 15.7. The molecule has 0 saturated heterocycles. The van der Waals surface area contributed by atoms with Crippen molar-refractivity contribution in [1.29, 1.82) is 0 Å². The molecule has 116 valence electrons. The number of hydrogen-bond donors (Lipinski definition) is 1. The Balaban J connectivity index is 2.33. The van der Waals surface area contributed by atoms with Crippen molar-refractivity contribution >= 4 is 11.7 Å². The van der Waals surface area contributed by atoms with Crippen LogP contribution in [0.3, 0.4) is 0 Å². The molecule has 1 aromatic rings. The summed E-state index contributed by atoms with van der Waals surface area (Å²) in [6.45, 7) is 0. The summed E-state index contributed by atoms with van der Waals surface area (Å²) in [6, 6.07) is 3.60. The van der Waals surface area contributed by atoms with Gasteiger partial charge in [-0.1, -0.05) is 19.3 Å². The third-order valence-electron chi connectivity index (χ3n) is 4.07. The molecule has 6 heteroatoms. The lowest BCUT2D eigenvalue weighted by Gasteiger charge is -2.33. The molecule has 0 amide bonds. The molecule has 21 heavy (non-hydrogen) atoms. The zero-order valence-electron chi connectivity index (χ0n) is 11.8. The third kappa shape index (κ3) is 3.49. The van der Waals surface area contributed by atoms with Crippen molar-refractivity contribution in [3.05, 3.63) is 29.3 Å². The van der Waals surface area contributed by atoms with Gasteiger partial charge in [0.05, 0.1) is 11.1 Å². The van der Waals surface area contributed by atoms with Gasteiger partial charge in [0.25, 0.3) is 0 Å². The van der Waals surface area contributed by atoms with E-state index >= 15 is 0 Å². The first-order chi connectivity index (χ1) is 9.80. The van der Waals surface area contributed by atoms with Gasteiger partial charge < -0.3 is 10.0 Å². The summed E-state index contributed by atoms with van der Waals surface area (Å²) < 4.78 is 38.5. The zero-order valence-corrected chi connectivity index (χ0v) is 11.8. The molecular formula is C15H18F3NO2. The molecule has 0 bridgehead atoms. The molecule has 0 aliphatic heterocycles. The standard InChI is InChI=1S/C15H18F3NO2/c1-19(10-5-3-2-4-6-10)11-7-8-13(15(16,17)18)12(9-11)14(20)21/h7-10H,2-6H2,1H3,(H,20,21). The Hall–Kier alpha value is -1.72. The van der Waals surface area contributed by atoms with E-state index in [2.05, 4.69) is 0 Å². The molecule has 3 nitrogen and oxygen atoms in total. The lowest BCUT2D eigenvalue weighted by Crippen LogP contribution is -2.33. The Bertz CT molecular complexity index is 522. The fraction of sp³-hybridized carbons (Fsp3) is 0.533. The van der Waals surface area contributed by atoms with Crippen LogP contribution >= 0.6 is 0 Å². The Morgan fingerprint density at radius 1 is 1.24 bits per heavy atom. The van der Waals surface area contributed by atoms with Crippen molar-refractivity contribution in [2.45, 2.75) is 44.3 Å². The topological polar surface area (TPSA) is 40.5 Å². The molecule has 1 aromatic carbocycles. The second-order valence-corrected chi connectivity index (χ2v) is 5.44. The van der Waals surface area contributed by atoms with Crippen LogP contribution in [0.1, 0.15) is 48.0 Å². The number of hydrogen-bond acceptors (Lipinski definition) is 2. The first-order valence-electron chi connectivity index (χ1n) is 6.98. The minimum absolute atomic E-state index is 0.261. The van der Waals surface area contributed by atoms with E-state index in [1.54, 1.807) is 0 Å². The molecule has 1 fully saturated rings. The quantitative estimate of drug-likeness (QED) is 0.910. The first-order valence-corrected chi connectivity index (χ1v) is 6.98. The van der Waals surface area contributed by atoms with Crippen LogP contribution < -0.4 is 4.90 Å². The monoisotopic (exact) mass is 301 g/mol. The van der Waals surface area contributed by atoms with Crippen LogP contribution in [0.25, 0.3) is 0 Å². The van der Waals surface area contributed by atoms with Gasteiger partial charge in [0, 0.05) is 18.8 Å². The maximum absolute atomic E-state index is 12.8. The summed E-state index contributed by atoms with van der Waals surface area (Å²) in [5.74, 6) is -1.55. The number of halogens is 3. The number of carbonyl (C=O) groups is 1. The normalized spacial score (nSPS) is 16.8. The highest BCUT2D eigenvalue weighted by molar-refractivity contribution is 5.91. The molecule has 0 unspecified atom stereocenters. The van der Waals surface area contributed by atoms with Crippen LogP contribution in [0.5, 0.6) is 0 Å². The van der Waals surface area contributed by atoms with Crippen LogP contribution in [-0.4, -0.2) is 24.2 Å². The summed E-state index contributed by atoms with van der Waals surface area (Å²) in [6.07, 6.45) is 0.691. The number of anilines is 1. The van der Waals surface area contributed by atoms with Gasteiger partial charge in [-0.15, -0.1) is 0 Å². The number of alkyl halides is 3. The maximum atomic E-state index is 12.8. The van der Waals surface area contributed by atoms with E-state index in [9.17, 15) is 18.0 Å². The average molecular weight is 301 g/mol. The van der Waals surface area contributed by atoms with Gasteiger partial charge in [-0.05, 0) is 31.0 Å². The van der Waals surface area contributed by atoms with E-state index in [4.69, 9.17) is 5.11 Å². The van der Waals surface area contributed by atoms with Crippen LogP contribution in [0.2, 0.25) is 0 Å². The van der Waals surface area contributed by atoms with Crippen molar-refractivity contribution < 1.29 is 23.1 Å². The number of carboxylic acids is 1. The molecular weight excluding hydrogens is 283 g/mol. The van der Waals surface area contributed by atoms with Gasteiger partial charge in [0.15, 0.2) is 0 Å². The molecule has 2 rings (SSSR count). The minimum atomic E-state index is -4.66. The number of rotatable bonds is 3. The molecule has 0 aromatic heterocycles. The van der Waals surface area contributed by atoms with E-state index in [-0.39, 0.29) is 6.04 Å². The lowest BCUT2D eigenvalue weighted by atomic mass is 9.94. The largest absolute Gasteiger partial charge is 0.478 e. The van der Waals surface area contributed by atoms with E-state index in [0.29, 0.717) is 5.69 Å². The van der Waals surface area contributed by atoms with Crippen LogP contribution in [-0.2, 0) is 6.18 Å². The van der Waals surface area contributed by atoms with E-state index in [1.807, 2.05) is 11.9 Å². The molecule has 0 atom stereocenters. The Morgan fingerprint density at radius 2 is 1.86 bits per heavy atom. The van der Waals surface area contributed by atoms with Crippen LogP contribution in [0.15, 0.2) is 18.2 Å². The van der Waals surface area contributed by atoms with Gasteiger partial charge in [-0.2, -0.15) is 13.2 Å². The molecule has 1 saturated carbocycles. The number of benzene rings is 1. The van der Waals surface area contributed by atoms with E-state index < -0.39 is 23.3 Å². The second-order valence-electron chi connectivity index (χ2n) is 5.44. The predicted molar refractivity (Wildman–Crippen MR) is 73.7 cm³/mol. The minimum Gasteiger partial charge on any atom is -0.478 e. The highest BCUT2D eigenvalue weighted by Gasteiger charge is 2.35. The predicted octanol–water partition coefficient (Wildman–Crippen LogP) is 4.17. The Morgan fingerprint density at radius 3 is 2.38 bits per heavy atom. The van der Waals surface area contributed by atoms with Gasteiger partial charge in [0.1, 0.15) is 0 Å². The smallest absolute Gasteiger partial charge is 0.417 e. The van der Waals surface area contributed by atoms with Crippen LogP contribution in [0.4, 0.5) is 18.9 Å². The van der Waals surface area contributed by atoms with Crippen molar-refractivity contribution in [2.75, 3.05) is 11.9 Å². The van der Waals surface area contributed by atoms with Crippen molar-refractivity contribution in [2.24, 2.45) is 0 Å². The highest BCUT2D eigenvalue weighted by atomic mass is 19.4. The fourth-order valence-electron chi connectivity index (χ4n) is 2.85. The molecule has 0 heterocycles. The van der Waals surface area contributed by atoms with Gasteiger partial charge in [0.2, 0.25) is 0 Å². The number of aromatic carboxylic acids is 1. The SMILES string of the molecule is CN(c1ccc(C(F)(F)F)c(C(=O)O)c1)C1CCCCC1. The van der Waals surface area contributed by atoms with E-state index in [1.165, 1.54) is 12.5 Å². The zero-order chi connectivity index (χ0) is 15.6. The molecule has 1 aliphatic rings.